The average molecular weight is 395 g/mol. The minimum Gasteiger partial charge on any atom is -0.466 e. The number of carbonyl (C=O) groups is 2. The van der Waals surface area contributed by atoms with Crippen LogP contribution in [0.4, 0.5) is 13.2 Å². The Morgan fingerprint density at radius 1 is 1.14 bits per heavy atom. The molecule has 2 heterocycles. The van der Waals surface area contributed by atoms with E-state index in [1.807, 2.05) is 5.32 Å². The summed E-state index contributed by atoms with van der Waals surface area (Å²) >= 11 is 0. The molecule has 0 bridgehead atoms. The van der Waals surface area contributed by atoms with Gasteiger partial charge in [-0.1, -0.05) is 18.2 Å². The molecule has 0 saturated carbocycles. The molecule has 1 aromatic heterocycles. The summed E-state index contributed by atoms with van der Waals surface area (Å²) in [6, 6.07) is 7.90. The van der Waals surface area contributed by atoms with Crippen LogP contribution in [0.2, 0.25) is 0 Å². The van der Waals surface area contributed by atoms with Crippen molar-refractivity contribution in [2.75, 3.05) is 7.11 Å². The molecule has 1 aliphatic heterocycles. The summed E-state index contributed by atoms with van der Waals surface area (Å²) in [6.07, 6.45) is -5.28. The Kier molecular flexibility index (Phi) is 4.44. The number of carbonyl (C=O) groups excluding carboxylic acids is 2. The lowest BCUT2D eigenvalue weighted by Gasteiger charge is -2.30. The predicted octanol–water partition coefficient (Wildman–Crippen LogP) is 1.85. The zero-order valence-corrected chi connectivity index (χ0v) is 15.1. The van der Waals surface area contributed by atoms with Gasteiger partial charge in [-0.15, -0.1) is 0 Å². The summed E-state index contributed by atoms with van der Waals surface area (Å²) in [5, 5.41) is 4.60. The molecule has 2 N–H and O–H groups in total. The monoisotopic (exact) mass is 395 g/mol. The maximum Gasteiger partial charge on any atom is 0.411 e. The lowest BCUT2D eigenvalue weighted by Crippen LogP contribution is -2.54. The molecule has 28 heavy (non-hydrogen) atoms. The zero-order valence-electron chi connectivity index (χ0n) is 15.1. The van der Waals surface area contributed by atoms with Crippen LogP contribution in [0.25, 0.3) is 5.69 Å². The van der Waals surface area contributed by atoms with Crippen molar-refractivity contribution in [2.24, 2.45) is 0 Å². The van der Waals surface area contributed by atoms with Gasteiger partial charge in [0.15, 0.2) is 0 Å². The number of nitrogens with zero attached hydrogens (tertiary/aromatic N) is 1. The molecule has 1 atom stereocenters. The van der Waals surface area contributed by atoms with Crippen molar-refractivity contribution in [2.45, 2.75) is 25.4 Å². The molecular formula is C18H16F3N3O4. The number of amides is 1. The van der Waals surface area contributed by atoms with Gasteiger partial charge < -0.3 is 10.1 Å². The lowest BCUT2D eigenvalue weighted by atomic mass is 9.73. The molecule has 0 aliphatic carbocycles. The number of para-hydroxylation sites is 1. The molecule has 148 valence electrons. The zero-order chi connectivity index (χ0) is 20.9. The second kappa shape index (κ2) is 6.39. The minimum atomic E-state index is -5.28. The van der Waals surface area contributed by atoms with Crippen molar-refractivity contribution in [3.05, 3.63) is 63.2 Å². The molecule has 1 aromatic carbocycles. The van der Waals surface area contributed by atoms with Gasteiger partial charge in [0.1, 0.15) is 0 Å². The molecule has 0 radical (unpaired) electrons. The maximum atomic E-state index is 14.4. The first-order chi connectivity index (χ1) is 13.1. The Labute approximate surface area is 156 Å². The normalized spacial score (nSPS) is 19.7. The van der Waals surface area contributed by atoms with Crippen molar-refractivity contribution in [1.82, 2.24) is 15.1 Å². The van der Waals surface area contributed by atoms with Crippen molar-refractivity contribution in [3.8, 4) is 5.69 Å². The van der Waals surface area contributed by atoms with Gasteiger partial charge in [0, 0.05) is 11.4 Å². The van der Waals surface area contributed by atoms with Crippen LogP contribution < -0.4 is 10.9 Å². The predicted molar refractivity (Wildman–Crippen MR) is 91.7 cm³/mol. The molecule has 1 amide bonds. The van der Waals surface area contributed by atoms with Crippen LogP contribution >= 0.6 is 0 Å². The number of ether oxygens (including phenoxy) is 1. The van der Waals surface area contributed by atoms with Crippen LogP contribution in [-0.4, -0.2) is 34.9 Å². The molecule has 3 rings (SSSR count). The Bertz CT molecular complexity index is 1050. The number of methoxy groups -OCH3 is 1. The van der Waals surface area contributed by atoms with Crippen LogP contribution in [-0.2, 0) is 19.7 Å². The second-order valence-electron chi connectivity index (χ2n) is 6.28. The van der Waals surface area contributed by atoms with Gasteiger partial charge in [-0.3, -0.25) is 14.7 Å². The summed E-state index contributed by atoms with van der Waals surface area (Å²) in [7, 11) is 0.902. The van der Waals surface area contributed by atoms with Crippen LogP contribution in [0, 0.1) is 6.92 Å². The number of aromatic amines is 1. The smallest absolute Gasteiger partial charge is 0.411 e. The number of allylic oxidation sites excluding steroid dienone is 1. The minimum absolute atomic E-state index is 0.197. The molecule has 2 aromatic rings. The third-order valence-corrected chi connectivity index (χ3v) is 4.67. The number of esters is 1. The van der Waals surface area contributed by atoms with Crippen LogP contribution in [0.15, 0.2) is 46.4 Å². The molecular weight excluding hydrogens is 379 g/mol. The van der Waals surface area contributed by atoms with Crippen LogP contribution in [0.1, 0.15) is 18.2 Å². The van der Waals surface area contributed by atoms with E-state index in [1.165, 1.54) is 19.1 Å². The number of hydrogen-bond acceptors (Lipinski definition) is 4. The highest BCUT2D eigenvalue weighted by Gasteiger charge is 2.70. The van der Waals surface area contributed by atoms with Gasteiger partial charge in [0.05, 0.1) is 23.9 Å². The number of aryl methyl sites for hydroxylation is 1. The average Bonchev–Trinajstić information content (AvgIpc) is 3.07. The summed E-state index contributed by atoms with van der Waals surface area (Å²) in [5.74, 6) is -2.88. The lowest BCUT2D eigenvalue weighted by molar-refractivity contribution is -0.187. The Balaban J connectivity index is 2.41. The van der Waals surface area contributed by atoms with E-state index >= 15 is 0 Å². The Hall–Kier alpha value is -3.30. The standard InChI is InChI=1S/C18H16F3N3O4/c1-9-13(15(26)28-3)17(16(27)22-9,18(19,20)21)12-10(2)23-24(14(12)25)11-7-5-4-6-8-11/h4-8,23H,1-3H3,(H,22,27). The van der Waals surface area contributed by atoms with Crippen LogP contribution in [0.5, 0.6) is 0 Å². The Morgan fingerprint density at radius 3 is 2.29 bits per heavy atom. The molecule has 10 heteroatoms. The quantitative estimate of drug-likeness (QED) is 0.776. The van der Waals surface area contributed by atoms with E-state index in [0.29, 0.717) is 0 Å². The van der Waals surface area contributed by atoms with Crippen molar-refractivity contribution < 1.29 is 27.5 Å². The summed E-state index contributed by atoms with van der Waals surface area (Å²) < 4.78 is 48.5. The topological polar surface area (TPSA) is 93.2 Å². The van der Waals surface area contributed by atoms with E-state index in [0.717, 1.165) is 18.7 Å². The highest BCUT2D eigenvalue weighted by atomic mass is 19.4. The first-order valence-corrected chi connectivity index (χ1v) is 8.12. The fraction of sp³-hybridized carbons (Fsp3) is 0.278. The van der Waals surface area contributed by atoms with Gasteiger partial charge in [-0.25, -0.2) is 9.48 Å². The number of hydrogen-bond donors (Lipinski definition) is 2. The molecule has 1 aliphatic rings. The van der Waals surface area contributed by atoms with Crippen molar-refractivity contribution >= 4 is 11.9 Å². The third-order valence-electron chi connectivity index (χ3n) is 4.67. The molecule has 0 fully saturated rings. The van der Waals surface area contributed by atoms with Gasteiger partial charge in [-0.2, -0.15) is 13.2 Å². The van der Waals surface area contributed by atoms with E-state index in [9.17, 15) is 27.6 Å². The van der Waals surface area contributed by atoms with Gasteiger partial charge >= 0.3 is 12.1 Å². The maximum absolute atomic E-state index is 14.4. The number of benzene rings is 1. The SMILES string of the molecule is COC(=O)C1=C(C)NC(=O)C1(c1c(C)[nH]n(-c2ccccc2)c1=O)C(F)(F)F. The first kappa shape index (κ1) is 19.5. The summed E-state index contributed by atoms with van der Waals surface area (Å²) in [5.41, 5.74) is -6.64. The van der Waals surface area contributed by atoms with Crippen molar-refractivity contribution in [3.63, 3.8) is 0 Å². The Morgan fingerprint density at radius 2 is 1.75 bits per heavy atom. The van der Waals surface area contributed by atoms with E-state index in [-0.39, 0.29) is 17.1 Å². The third kappa shape index (κ3) is 2.48. The van der Waals surface area contributed by atoms with Crippen LogP contribution in [0.3, 0.4) is 0 Å². The highest BCUT2D eigenvalue weighted by molar-refractivity contribution is 6.09. The second-order valence-corrected chi connectivity index (χ2v) is 6.28. The molecule has 0 saturated heterocycles. The highest BCUT2D eigenvalue weighted by Crippen LogP contribution is 2.50. The number of nitrogens with one attached hydrogen (secondary N) is 2. The number of rotatable bonds is 3. The number of aromatic nitrogens is 2. The summed E-state index contributed by atoms with van der Waals surface area (Å²) in [6.45, 7) is 2.38. The van der Waals surface area contributed by atoms with Gasteiger partial charge in [-0.05, 0) is 26.0 Å². The van der Waals surface area contributed by atoms with E-state index < -0.39 is 40.2 Å². The molecule has 1 unspecified atom stereocenters. The van der Waals surface area contributed by atoms with Crippen molar-refractivity contribution in [1.29, 1.82) is 0 Å². The molecule has 0 spiro atoms. The van der Waals surface area contributed by atoms with E-state index in [4.69, 9.17) is 0 Å². The largest absolute Gasteiger partial charge is 0.466 e. The number of halogens is 3. The van der Waals surface area contributed by atoms with E-state index in [2.05, 4.69) is 9.84 Å². The first-order valence-electron chi connectivity index (χ1n) is 8.12. The number of H-pyrrole nitrogens is 1. The fourth-order valence-corrected chi connectivity index (χ4v) is 3.53. The van der Waals surface area contributed by atoms with Gasteiger partial charge in [0.2, 0.25) is 11.3 Å². The van der Waals surface area contributed by atoms with Gasteiger partial charge in [0.25, 0.3) is 5.56 Å². The fourth-order valence-electron chi connectivity index (χ4n) is 3.53. The number of alkyl halides is 3. The molecule has 7 nitrogen and oxygen atoms in total. The summed E-state index contributed by atoms with van der Waals surface area (Å²) in [4.78, 5) is 37.8. The van der Waals surface area contributed by atoms with E-state index in [1.54, 1.807) is 18.2 Å².